The maximum absolute atomic E-state index is 12.4. The number of Topliss-reactive ketones (excluding diaryl/α,β-unsaturated/α-hetero) is 1. The standard InChI is InChI=1S/C16H12Cl2N2O2/c17-10-5-4-8(6-11(10)18)14-9(7-19)16(20)22-13-3-1-2-12(21)15(13)14/h4-6,14H,1-3,20H2. The van der Waals surface area contributed by atoms with Gasteiger partial charge in [-0.15, -0.1) is 0 Å². The fourth-order valence-electron chi connectivity index (χ4n) is 2.88. The molecule has 1 aliphatic carbocycles. The van der Waals surface area contributed by atoms with E-state index in [9.17, 15) is 10.1 Å². The highest BCUT2D eigenvalue weighted by Gasteiger charge is 2.38. The molecule has 6 heteroatoms. The van der Waals surface area contributed by atoms with Gasteiger partial charge in [0.1, 0.15) is 17.4 Å². The van der Waals surface area contributed by atoms with Gasteiger partial charge in [0.2, 0.25) is 5.88 Å². The van der Waals surface area contributed by atoms with Crippen LogP contribution in [0.1, 0.15) is 30.7 Å². The van der Waals surface area contributed by atoms with Gasteiger partial charge in [-0.25, -0.2) is 0 Å². The van der Waals surface area contributed by atoms with E-state index in [1.54, 1.807) is 18.2 Å². The van der Waals surface area contributed by atoms with E-state index in [1.807, 2.05) is 0 Å². The number of ether oxygens (including phenoxy) is 1. The highest BCUT2D eigenvalue weighted by Crippen LogP contribution is 2.44. The van der Waals surface area contributed by atoms with Crippen LogP contribution in [0.25, 0.3) is 0 Å². The van der Waals surface area contributed by atoms with Gasteiger partial charge in [-0.1, -0.05) is 29.3 Å². The minimum Gasteiger partial charge on any atom is -0.444 e. The molecule has 2 N–H and O–H groups in total. The number of halogens is 2. The maximum Gasteiger partial charge on any atom is 0.205 e. The van der Waals surface area contributed by atoms with Crippen LogP contribution < -0.4 is 5.73 Å². The molecule has 1 heterocycles. The quantitative estimate of drug-likeness (QED) is 0.847. The van der Waals surface area contributed by atoms with Crippen LogP contribution in [0.5, 0.6) is 0 Å². The molecule has 22 heavy (non-hydrogen) atoms. The van der Waals surface area contributed by atoms with Gasteiger partial charge in [-0.2, -0.15) is 5.26 Å². The molecule has 1 atom stereocenters. The lowest BCUT2D eigenvalue weighted by Crippen LogP contribution is -2.27. The van der Waals surface area contributed by atoms with Crippen molar-refractivity contribution in [1.82, 2.24) is 0 Å². The summed E-state index contributed by atoms with van der Waals surface area (Å²) in [7, 11) is 0. The topological polar surface area (TPSA) is 76.1 Å². The number of nitrogens with two attached hydrogens (primary N) is 1. The molecule has 0 fully saturated rings. The van der Waals surface area contributed by atoms with Crippen LogP contribution in [0.4, 0.5) is 0 Å². The Morgan fingerprint density at radius 3 is 2.73 bits per heavy atom. The molecule has 1 aromatic carbocycles. The van der Waals surface area contributed by atoms with Crippen molar-refractivity contribution in [3.8, 4) is 6.07 Å². The summed E-state index contributed by atoms with van der Waals surface area (Å²) in [5.74, 6) is 0.0461. The number of nitrogens with zero attached hydrogens (tertiary/aromatic N) is 1. The van der Waals surface area contributed by atoms with Gasteiger partial charge in [-0.3, -0.25) is 4.79 Å². The largest absolute Gasteiger partial charge is 0.444 e. The first-order valence-corrected chi connectivity index (χ1v) is 7.57. The third kappa shape index (κ3) is 2.37. The monoisotopic (exact) mass is 334 g/mol. The van der Waals surface area contributed by atoms with Gasteiger partial charge < -0.3 is 10.5 Å². The molecule has 0 saturated heterocycles. The summed E-state index contributed by atoms with van der Waals surface area (Å²) in [5.41, 5.74) is 7.31. The van der Waals surface area contributed by atoms with E-state index >= 15 is 0 Å². The molecule has 4 nitrogen and oxygen atoms in total. The third-order valence-electron chi connectivity index (χ3n) is 3.88. The lowest BCUT2D eigenvalue weighted by Gasteiger charge is -2.31. The highest BCUT2D eigenvalue weighted by atomic mass is 35.5. The number of benzene rings is 1. The molecular formula is C16H12Cl2N2O2. The van der Waals surface area contributed by atoms with E-state index in [4.69, 9.17) is 33.7 Å². The second-order valence-corrected chi connectivity index (χ2v) is 6.03. The number of hydrogen-bond donors (Lipinski definition) is 1. The Hall–Kier alpha value is -1.96. The van der Waals surface area contributed by atoms with Crippen molar-refractivity contribution in [1.29, 1.82) is 5.26 Å². The predicted octanol–water partition coefficient (Wildman–Crippen LogP) is 3.81. The Labute approximate surface area is 137 Å². The van der Waals surface area contributed by atoms with Crippen LogP contribution in [0.2, 0.25) is 10.0 Å². The predicted molar refractivity (Wildman–Crippen MR) is 83.0 cm³/mol. The number of rotatable bonds is 1. The molecule has 0 aromatic heterocycles. The number of hydrogen-bond acceptors (Lipinski definition) is 4. The van der Waals surface area contributed by atoms with E-state index < -0.39 is 5.92 Å². The Morgan fingerprint density at radius 2 is 2.05 bits per heavy atom. The highest BCUT2D eigenvalue weighted by molar-refractivity contribution is 6.42. The summed E-state index contributed by atoms with van der Waals surface area (Å²) in [6.45, 7) is 0. The van der Waals surface area contributed by atoms with Gasteiger partial charge in [0.05, 0.1) is 16.0 Å². The molecule has 0 saturated carbocycles. The molecular weight excluding hydrogens is 323 g/mol. The fraction of sp³-hybridized carbons (Fsp3) is 0.250. The van der Waals surface area contributed by atoms with Gasteiger partial charge in [0.15, 0.2) is 5.78 Å². The summed E-state index contributed by atoms with van der Waals surface area (Å²) in [6, 6.07) is 7.12. The molecule has 1 aliphatic heterocycles. The lowest BCUT2D eigenvalue weighted by molar-refractivity contribution is -0.116. The zero-order valence-corrected chi connectivity index (χ0v) is 13.0. The van der Waals surface area contributed by atoms with Crippen molar-refractivity contribution in [3.63, 3.8) is 0 Å². The molecule has 1 aromatic rings. The zero-order chi connectivity index (χ0) is 15.9. The lowest BCUT2D eigenvalue weighted by atomic mass is 9.77. The summed E-state index contributed by atoms with van der Waals surface area (Å²) in [6.07, 6.45) is 1.80. The zero-order valence-electron chi connectivity index (χ0n) is 11.5. The van der Waals surface area contributed by atoms with Crippen molar-refractivity contribution in [2.24, 2.45) is 5.73 Å². The maximum atomic E-state index is 12.4. The Balaban J connectivity index is 2.20. The van der Waals surface area contributed by atoms with Gasteiger partial charge in [0.25, 0.3) is 0 Å². The van der Waals surface area contributed by atoms with Crippen LogP contribution in [-0.2, 0) is 9.53 Å². The Bertz CT molecular complexity index is 775. The van der Waals surface area contributed by atoms with E-state index in [0.29, 0.717) is 39.8 Å². The normalized spacial score (nSPS) is 21.3. The summed E-state index contributed by atoms with van der Waals surface area (Å²) >= 11 is 12.0. The Morgan fingerprint density at radius 1 is 1.27 bits per heavy atom. The first-order chi connectivity index (χ1) is 10.5. The van der Waals surface area contributed by atoms with Crippen molar-refractivity contribution < 1.29 is 9.53 Å². The van der Waals surface area contributed by atoms with E-state index in [2.05, 4.69) is 6.07 Å². The molecule has 1 unspecified atom stereocenters. The average Bonchev–Trinajstić information content (AvgIpc) is 2.49. The SMILES string of the molecule is N#CC1=C(N)OC2=C(C(=O)CCC2)C1c1ccc(Cl)c(Cl)c1. The molecule has 0 amide bonds. The van der Waals surface area contributed by atoms with Crippen LogP contribution >= 0.6 is 23.2 Å². The van der Waals surface area contributed by atoms with Crippen molar-refractivity contribution >= 4 is 29.0 Å². The van der Waals surface area contributed by atoms with Crippen molar-refractivity contribution in [2.45, 2.75) is 25.2 Å². The number of carbonyl (C=O) groups excluding carboxylic acids is 1. The second-order valence-electron chi connectivity index (χ2n) is 5.21. The van der Waals surface area contributed by atoms with Gasteiger partial charge in [0, 0.05) is 18.4 Å². The minimum absolute atomic E-state index is 0.0161. The number of ketones is 1. The van der Waals surface area contributed by atoms with E-state index in [1.165, 1.54) is 0 Å². The smallest absolute Gasteiger partial charge is 0.205 e. The van der Waals surface area contributed by atoms with Crippen molar-refractivity contribution in [2.75, 3.05) is 0 Å². The molecule has 2 aliphatic rings. The fourth-order valence-corrected chi connectivity index (χ4v) is 3.19. The third-order valence-corrected chi connectivity index (χ3v) is 4.62. The first kappa shape index (κ1) is 15.0. The second kappa shape index (κ2) is 5.68. The summed E-state index contributed by atoms with van der Waals surface area (Å²) in [5, 5.41) is 10.2. The van der Waals surface area contributed by atoms with E-state index in [0.717, 1.165) is 6.42 Å². The average molecular weight is 335 g/mol. The van der Waals surface area contributed by atoms with Gasteiger partial charge >= 0.3 is 0 Å². The minimum atomic E-state index is -0.545. The molecule has 3 rings (SSSR count). The number of allylic oxidation sites excluding steroid dienone is 3. The van der Waals surface area contributed by atoms with Crippen molar-refractivity contribution in [3.05, 3.63) is 56.6 Å². The van der Waals surface area contributed by atoms with Crippen LogP contribution in [0.3, 0.4) is 0 Å². The van der Waals surface area contributed by atoms with Crippen LogP contribution in [-0.4, -0.2) is 5.78 Å². The number of carbonyl (C=O) groups is 1. The Kier molecular flexibility index (Phi) is 3.86. The van der Waals surface area contributed by atoms with Gasteiger partial charge in [-0.05, 0) is 24.1 Å². The molecule has 0 radical (unpaired) electrons. The molecule has 112 valence electrons. The summed E-state index contributed by atoms with van der Waals surface area (Å²) in [4.78, 5) is 12.4. The molecule has 0 bridgehead atoms. The van der Waals surface area contributed by atoms with Crippen LogP contribution in [0.15, 0.2) is 41.0 Å². The first-order valence-electron chi connectivity index (χ1n) is 6.81. The number of nitriles is 1. The summed E-state index contributed by atoms with van der Waals surface area (Å²) < 4.78 is 5.50. The molecule has 0 spiro atoms. The van der Waals surface area contributed by atoms with Crippen LogP contribution in [0, 0.1) is 11.3 Å². The van der Waals surface area contributed by atoms with E-state index in [-0.39, 0.29) is 17.2 Å².